The molecule has 2 aliphatic rings. The number of anilines is 1. The van der Waals surface area contributed by atoms with Crippen LogP contribution in [0.15, 0.2) is 36.5 Å². The third-order valence-corrected chi connectivity index (χ3v) is 7.17. The summed E-state index contributed by atoms with van der Waals surface area (Å²) in [4.78, 5) is 23.6. The Morgan fingerprint density at radius 1 is 1.09 bits per heavy atom. The van der Waals surface area contributed by atoms with E-state index in [0.29, 0.717) is 24.2 Å². The summed E-state index contributed by atoms with van der Waals surface area (Å²) in [5.74, 6) is 0.914. The summed E-state index contributed by atoms with van der Waals surface area (Å²) in [6.45, 7) is 4.88. The van der Waals surface area contributed by atoms with E-state index in [1.165, 1.54) is 33.9 Å². The zero-order valence-corrected chi connectivity index (χ0v) is 20.1. The molecule has 7 nitrogen and oxygen atoms in total. The van der Waals surface area contributed by atoms with Crippen molar-refractivity contribution in [2.45, 2.75) is 10.5 Å². The van der Waals surface area contributed by atoms with Crippen molar-refractivity contribution >= 4 is 72.6 Å². The smallest absolute Gasteiger partial charge is 0.255 e. The highest BCUT2D eigenvalue weighted by atomic mass is 32.1. The molecule has 1 amide bonds. The number of nitrogens with zero attached hydrogens (tertiary/aromatic N) is 5. The van der Waals surface area contributed by atoms with Crippen molar-refractivity contribution < 1.29 is 9.53 Å². The zero-order chi connectivity index (χ0) is 24.8. The van der Waals surface area contributed by atoms with Gasteiger partial charge in [0, 0.05) is 63.5 Å². The molecule has 166 valence electrons. The van der Waals surface area contributed by atoms with E-state index in [0.717, 1.165) is 32.0 Å². The first-order chi connectivity index (χ1) is 16.6. The molecule has 0 aliphatic carbocycles. The Hall–Kier alpha value is -2.39. The van der Waals surface area contributed by atoms with E-state index in [1.807, 2.05) is 12.1 Å². The standard InChI is InChI=1S/C22H20B5N5O2S/c23-21(24)13-32(20(33)15-12-28-18(11-16(15)21)34-22(25,26)27)10-7-30-5-8-31(9-6-30)19-14-3-1-2-4-17(14)35-29-19/h1-4,11-12H,5-10,13H2. The van der Waals surface area contributed by atoms with Crippen LogP contribution < -0.4 is 9.64 Å². The number of pyridine rings is 1. The Balaban J connectivity index is 1.21. The minimum Gasteiger partial charge on any atom is -0.501 e. The number of benzene rings is 1. The van der Waals surface area contributed by atoms with Crippen molar-refractivity contribution in [3.05, 3.63) is 47.7 Å². The van der Waals surface area contributed by atoms with Gasteiger partial charge < -0.3 is 14.5 Å². The molecule has 0 N–H and O–H groups in total. The van der Waals surface area contributed by atoms with Crippen molar-refractivity contribution in [2.75, 3.05) is 50.7 Å². The lowest BCUT2D eigenvalue weighted by atomic mass is 9.49. The number of aromatic nitrogens is 2. The normalized spacial score (nSPS) is 18.6. The van der Waals surface area contributed by atoms with Crippen molar-refractivity contribution in [2.24, 2.45) is 0 Å². The van der Waals surface area contributed by atoms with Crippen LogP contribution in [0, 0.1) is 0 Å². The second-order valence-electron chi connectivity index (χ2n) is 9.12. The molecule has 0 saturated carbocycles. The van der Waals surface area contributed by atoms with Gasteiger partial charge in [0.2, 0.25) is 5.88 Å². The first kappa shape index (κ1) is 24.3. The van der Waals surface area contributed by atoms with Gasteiger partial charge in [0.05, 0.1) is 26.0 Å². The SMILES string of the molecule is [B]C([B])([B])Oc1cc2c(cn1)C(=O)N(CCN1CCN(c3nsc4ccccc34)CC1)CC2([B])[B]. The summed E-state index contributed by atoms with van der Waals surface area (Å²) in [6.07, 6.45) is 1.37. The van der Waals surface area contributed by atoms with Crippen LogP contribution in [0.3, 0.4) is 0 Å². The summed E-state index contributed by atoms with van der Waals surface area (Å²) in [6, 6.07) is 9.76. The van der Waals surface area contributed by atoms with Crippen LogP contribution in [0.25, 0.3) is 10.1 Å². The highest BCUT2D eigenvalue weighted by molar-refractivity contribution is 7.13. The number of amides is 1. The molecule has 0 spiro atoms. The lowest BCUT2D eigenvalue weighted by molar-refractivity contribution is 0.0703. The maximum Gasteiger partial charge on any atom is 0.255 e. The molecule has 1 aromatic carbocycles. The van der Waals surface area contributed by atoms with E-state index in [4.69, 9.17) is 44.0 Å². The summed E-state index contributed by atoms with van der Waals surface area (Å²) >= 11 is 1.53. The number of rotatable bonds is 6. The quantitative estimate of drug-likeness (QED) is 0.469. The van der Waals surface area contributed by atoms with Crippen LogP contribution in [0.1, 0.15) is 15.9 Å². The van der Waals surface area contributed by atoms with Gasteiger partial charge in [-0.05, 0) is 34.5 Å². The van der Waals surface area contributed by atoms with Gasteiger partial charge in [-0.2, -0.15) is 4.37 Å². The van der Waals surface area contributed by atoms with Crippen molar-refractivity contribution in [1.29, 1.82) is 0 Å². The number of piperazine rings is 1. The highest BCUT2D eigenvalue weighted by Gasteiger charge is 2.37. The van der Waals surface area contributed by atoms with Crippen molar-refractivity contribution in [3.8, 4) is 5.88 Å². The molecule has 4 heterocycles. The summed E-state index contributed by atoms with van der Waals surface area (Å²) in [7, 11) is 29.2. The van der Waals surface area contributed by atoms with Crippen LogP contribution >= 0.6 is 11.5 Å². The number of carbonyl (C=O) groups excluding carboxylic acids is 1. The molecule has 5 rings (SSSR count). The third kappa shape index (κ3) is 5.12. The Labute approximate surface area is 215 Å². The highest BCUT2D eigenvalue weighted by Crippen LogP contribution is 2.32. The van der Waals surface area contributed by atoms with E-state index in [9.17, 15) is 4.79 Å². The molecule has 13 heteroatoms. The Bertz CT molecular complexity index is 1240. The average Bonchev–Trinajstić information content (AvgIpc) is 3.24. The van der Waals surface area contributed by atoms with Crippen LogP contribution in [0.2, 0.25) is 0 Å². The van der Waals surface area contributed by atoms with E-state index < -0.39 is 10.5 Å². The second kappa shape index (κ2) is 9.24. The number of hydrogen-bond acceptors (Lipinski definition) is 7. The fraction of sp³-hybridized carbons (Fsp3) is 0.409. The van der Waals surface area contributed by atoms with Gasteiger partial charge in [0.25, 0.3) is 5.91 Å². The molecule has 2 aliphatic heterocycles. The fourth-order valence-corrected chi connectivity index (χ4v) is 5.39. The van der Waals surface area contributed by atoms with Gasteiger partial charge in [0.1, 0.15) is 29.4 Å². The summed E-state index contributed by atoms with van der Waals surface area (Å²) in [5.41, 5.74) is 0.739. The Morgan fingerprint density at radius 3 is 2.57 bits per heavy atom. The van der Waals surface area contributed by atoms with E-state index in [2.05, 4.69) is 31.3 Å². The summed E-state index contributed by atoms with van der Waals surface area (Å²) in [5, 5.41) is -1.99. The molecular weight excluding hydrogens is 452 g/mol. The van der Waals surface area contributed by atoms with Crippen molar-refractivity contribution in [1.82, 2.24) is 19.2 Å². The first-order valence-electron chi connectivity index (χ1n) is 11.4. The van der Waals surface area contributed by atoms with Gasteiger partial charge in [-0.1, -0.05) is 17.3 Å². The monoisotopic (exact) mass is 473 g/mol. The minimum absolute atomic E-state index is 0.0449. The van der Waals surface area contributed by atoms with Gasteiger partial charge in [-0.25, -0.2) is 4.98 Å². The molecule has 0 bridgehead atoms. The molecule has 2 aromatic heterocycles. The first-order valence-corrected chi connectivity index (χ1v) is 12.1. The van der Waals surface area contributed by atoms with Gasteiger partial charge in [-0.3, -0.25) is 9.69 Å². The number of carbonyl (C=O) groups is 1. The largest absolute Gasteiger partial charge is 0.501 e. The molecule has 10 radical (unpaired) electrons. The van der Waals surface area contributed by atoms with Crippen molar-refractivity contribution in [3.63, 3.8) is 0 Å². The molecule has 0 unspecified atom stereocenters. The molecule has 35 heavy (non-hydrogen) atoms. The molecule has 1 saturated heterocycles. The van der Waals surface area contributed by atoms with Crippen LogP contribution in [0.4, 0.5) is 5.82 Å². The number of fused-ring (bicyclic) bond motifs is 2. The molecule has 3 aromatic rings. The average molecular weight is 473 g/mol. The van der Waals surface area contributed by atoms with Crippen LogP contribution in [0.5, 0.6) is 5.88 Å². The van der Waals surface area contributed by atoms with Gasteiger partial charge >= 0.3 is 0 Å². The number of ether oxygens (including phenoxy) is 1. The Kier molecular flexibility index (Phi) is 6.42. The third-order valence-electron chi connectivity index (χ3n) is 6.35. The van der Waals surface area contributed by atoms with Crippen LogP contribution in [-0.2, 0) is 5.21 Å². The van der Waals surface area contributed by atoms with E-state index >= 15 is 0 Å². The number of hydrogen-bond donors (Lipinski definition) is 0. The summed E-state index contributed by atoms with van der Waals surface area (Å²) < 4.78 is 11.0. The maximum atomic E-state index is 13.1. The predicted molar refractivity (Wildman–Crippen MR) is 142 cm³/mol. The zero-order valence-electron chi connectivity index (χ0n) is 19.3. The van der Waals surface area contributed by atoms with E-state index in [1.54, 1.807) is 4.90 Å². The second-order valence-corrected chi connectivity index (χ2v) is 9.93. The van der Waals surface area contributed by atoms with Gasteiger partial charge in [-0.15, -0.1) is 0 Å². The maximum absolute atomic E-state index is 13.1. The minimum atomic E-state index is -1.91. The van der Waals surface area contributed by atoms with Gasteiger partial charge in [0.15, 0.2) is 0 Å². The topological polar surface area (TPSA) is 61.8 Å². The van der Waals surface area contributed by atoms with E-state index in [-0.39, 0.29) is 18.3 Å². The molecular formula is C22H20B5N5O2S. The van der Waals surface area contributed by atoms with Crippen LogP contribution in [-0.4, -0.2) is 115 Å². The predicted octanol–water partition coefficient (Wildman–Crippen LogP) is -0.0453. The Morgan fingerprint density at radius 2 is 1.83 bits per heavy atom. The lowest BCUT2D eigenvalue weighted by Crippen LogP contribution is -2.54. The fourth-order valence-electron chi connectivity index (χ4n) is 4.60. The molecule has 0 atom stereocenters. The molecule has 1 fully saturated rings. The lowest BCUT2D eigenvalue weighted by Gasteiger charge is -2.42.